The van der Waals surface area contributed by atoms with Crippen LogP contribution < -0.4 is 10.6 Å². The number of hydrogen-bond donors (Lipinski definition) is 2. The standard InChI is InChI=1S/C11H21N3O/c1-12-9-4-6-14(8-9)10-3-2-5-13-11(15)7-10/h9-10,12H,2-8H2,1H3,(H,13,15). The molecule has 1 amide bonds. The molecule has 2 aliphatic heterocycles. The number of likely N-dealkylation sites (tertiary alicyclic amines) is 1. The Hall–Kier alpha value is -0.610. The lowest BCUT2D eigenvalue weighted by Gasteiger charge is -2.25. The molecule has 2 fully saturated rings. The highest BCUT2D eigenvalue weighted by molar-refractivity contribution is 5.76. The zero-order chi connectivity index (χ0) is 10.7. The van der Waals surface area contributed by atoms with E-state index in [9.17, 15) is 4.79 Å². The second kappa shape index (κ2) is 4.94. The number of nitrogens with zero attached hydrogens (tertiary/aromatic N) is 1. The van der Waals surface area contributed by atoms with Crippen molar-refractivity contribution in [2.75, 3.05) is 26.7 Å². The van der Waals surface area contributed by atoms with Gasteiger partial charge in [0.2, 0.25) is 5.91 Å². The van der Waals surface area contributed by atoms with Crippen LogP contribution in [0.5, 0.6) is 0 Å². The number of carbonyl (C=O) groups is 1. The summed E-state index contributed by atoms with van der Waals surface area (Å²) in [6, 6.07) is 1.10. The largest absolute Gasteiger partial charge is 0.356 e. The van der Waals surface area contributed by atoms with Gasteiger partial charge in [0, 0.05) is 38.1 Å². The molecule has 0 saturated carbocycles. The molecule has 2 N–H and O–H groups in total. The second-order valence-electron chi connectivity index (χ2n) is 4.62. The number of amides is 1. The first kappa shape index (κ1) is 10.9. The van der Waals surface area contributed by atoms with Crippen LogP contribution in [0.25, 0.3) is 0 Å². The van der Waals surface area contributed by atoms with Gasteiger partial charge in [-0.05, 0) is 26.3 Å². The summed E-state index contributed by atoms with van der Waals surface area (Å²) in [5, 5.41) is 6.26. The van der Waals surface area contributed by atoms with Crippen LogP contribution in [0, 0.1) is 0 Å². The highest BCUT2D eigenvalue weighted by Crippen LogP contribution is 2.19. The molecule has 15 heavy (non-hydrogen) atoms. The Bertz CT molecular complexity index is 232. The first-order valence-electron chi connectivity index (χ1n) is 5.97. The van der Waals surface area contributed by atoms with E-state index in [2.05, 4.69) is 15.5 Å². The lowest BCUT2D eigenvalue weighted by atomic mass is 10.1. The Morgan fingerprint density at radius 2 is 2.33 bits per heavy atom. The summed E-state index contributed by atoms with van der Waals surface area (Å²) < 4.78 is 0. The molecular formula is C11H21N3O. The van der Waals surface area contributed by atoms with E-state index in [1.165, 1.54) is 6.42 Å². The molecule has 2 rings (SSSR count). The summed E-state index contributed by atoms with van der Waals surface area (Å²) in [5.41, 5.74) is 0. The lowest BCUT2D eigenvalue weighted by Crippen LogP contribution is -2.38. The number of nitrogens with one attached hydrogen (secondary N) is 2. The highest BCUT2D eigenvalue weighted by Gasteiger charge is 2.29. The summed E-state index contributed by atoms with van der Waals surface area (Å²) in [4.78, 5) is 13.9. The van der Waals surface area contributed by atoms with Gasteiger partial charge in [-0.25, -0.2) is 0 Å². The molecule has 0 aromatic heterocycles. The predicted molar refractivity (Wildman–Crippen MR) is 59.7 cm³/mol. The van der Waals surface area contributed by atoms with Crippen LogP contribution in [-0.2, 0) is 4.79 Å². The minimum Gasteiger partial charge on any atom is -0.356 e. The number of rotatable bonds is 2. The van der Waals surface area contributed by atoms with Gasteiger partial charge in [0.25, 0.3) is 0 Å². The molecule has 0 aromatic carbocycles. The smallest absolute Gasteiger partial charge is 0.221 e. The van der Waals surface area contributed by atoms with Crippen molar-refractivity contribution in [2.45, 2.75) is 37.8 Å². The van der Waals surface area contributed by atoms with E-state index in [0.717, 1.165) is 32.5 Å². The van der Waals surface area contributed by atoms with Crippen molar-refractivity contribution in [2.24, 2.45) is 0 Å². The molecule has 2 saturated heterocycles. The average Bonchev–Trinajstić information content (AvgIpc) is 2.61. The minimum absolute atomic E-state index is 0.227. The quantitative estimate of drug-likeness (QED) is 0.673. The Morgan fingerprint density at radius 1 is 1.47 bits per heavy atom. The van der Waals surface area contributed by atoms with E-state index < -0.39 is 0 Å². The Morgan fingerprint density at radius 3 is 3.07 bits per heavy atom. The van der Waals surface area contributed by atoms with Gasteiger partial charge in [-0.3, -0.25) is 9.69 Å². The van der Waals surface area contributed by atoms with Gasteiger partial charge >= 0.3 is 0 Å². The van der Waals surface area contributed by atoms with Gasteiger partial charge in [-0.15, -0.1) is 0 Å². The highest BCUT2D eigenvalue weighted by atomic mass is 16.1. The van der Waals surface area contributed by atoms with Gasteiger partial charge in [0.15, 0.2) is 0 Å². The third-order valence-electron chi connectivity index (χ3n) is 3.60. The molecule has 86 valence electrons. The first-order valence-corrected chi connectivity index (χ1v) is 5.97. The predicted octanol–water partition coefficient (Wildman–Crippen LogP) is -0.0512. The second-order valence-corrected chi connectivity index (χ2v) is 4.62. The van der Waals surface area contributed by atoms with E-state index in [1.54, 1.807) is 0 Å². The van der Waals surface area contributed by atoms with Crippen LogP contribution in [-0.4, -0.2) is 49.6 Å². The Kier molecular flexibility index (Phi) is 3.59. The van der Waals surface area contributed by atoms with E-state index in [4.69, 9.17) is 0 Å². The van der Waals surface area contributed by atoms with Crippen molar-refractivity contribution in [1.82, 2.24) is 15.5 Å². The van der Waals surface area contributed by atoms with E-state index in [-0.39, 0.29) is 5.91 Å². The third-order valence-corrected chi connectivity index (χ3v) is 3.60. The molecular weight excluding hydrogens is 190 g/mol. The third kappa shape index (κ3) is 2.69. The van der Waals surface area contributed by atoms with Crippen molar-refractivity contribution >= 4 is 5.91 Å². The topological polar surface area (TPSA) is 44.4 Å². The average molecular weight is 211 g/mol. The molecule has 0 radical (unpaired) electrons. The maximum Gasteiger partial charge on any atom is 0.221 e. The van der Waals surface area contributed by atoms with Crippen LogP contribution in [0.4, 0.5) is 0 Å². The lowest BCUT2D eigenvalue weighted by molar-refractivity contribution is -0.121. The molecule has 2 unspecified atom stereocenters. The summed E-state index contributed by atoms with van der Waals surface area (Å²) in [6.07, 6.45) is 4.19. The fraction of sp³-hybridized carbons (Fsp3) is 0.909. The normalized spacial score (nSPS) is 33.8. The Labute approximate surface area is 91.4 Å². The fourth-order valence-electron chi connectivity index (χ4n) is 2.62. The van der Waals surface area contributed by atoms with Crippen LogP contribution in [0.15, 0.2) is 0 Å². The SMILES string of the molecule is CNC1CCN(C2CCCNC(=O)C2)C1. The number of hydrogen-bond acceptors (Lipinski definition) is 3. The molecule has 2 heterocycles. The maximum atomic E-state index is 11.4. The van der Waals surface area contributed by atoms with E-state index in [1.807, 2.05) is 7.05 Å². The number of carbonyl (C=O) groups excluding carboxylic acids is 1. The van der Waals surface area contributed by atoms with Crippen LogP contribution in [0.2, 0.25) is 0 Å². The summed E-state index contributed by atoms with van der Waals surface area (Å²) in [7, 11) is 2.02. The van der Waals surface area contributed by atoms with Crippen LogP contribution >= 0.6 is 0 Å². The number of likely N-dealkylation sites (N-methyl/N-ethyl adjacent to an activating group) is 1. The van der Waals surface area contributed by atoms with Crippen LogP contribution in [0.1, 0.15) is 25.7 Å². The first-order chi connectivity index (χ1) is 7.29. The van der Waals surface area contributed by atoms with Crippen LogP contribution in [0.3, 0.4) is 0 Å². The summed E-state index contributed by atoms with van der Waals surface area (Å²) in [6.45, 7) is 3.11. The molecule has 2 atom stereocenters. The molecule has 0 bridgehead atoms. The molecule has 0 spiro atoms. The van der Waals surface area contributed by atoms with Gasteiger partial charge in [0.1, 0.15) is 0 Å². The van der Waals surface area contributed by atoms with Crippen molar-refractivity contribution in [3.63, 3.8) is 0 Å². The Balaban J connectivity index is 1.89. The van der Waals surface area contributed by atoms with Crippen molar-refractivity contribution in [3.8, 4) is 0 Å². The zero-order valence-corrected chi connectivity index (χ0v) is 9.46. The summed E-state index contributed by atoms with van der Waals surface area (Å²) in [5.74, 6) is 0.227. The van der Waals surface area contributed by atoms with Gasteiger partial charge in [-0.1, -0.05) is 0 Å². The van der Waals surface area contributed by atoms with Crippen molar-refractivity contribution in [1.29, 1.82) is 0 Å². The molecule has 0 aromatic rings. The molecule has 4 nitrogen and oxygen atoms in total. The zero-order valence-electron chi connectivity index (χ0n) is 9.46. The molecule has 4 heteroatoms. The van der Waals surface area contributed by atoms with Crippen molar-refractivity contribution in [3.05, 3.63) is 0 Å². The monoisotopic (exact) mass is 211 g/mol. The van der Waals surface area contributed by atoms with Gasteiger partial charge in [-0.2, -0.15) is 0 Å². The van der Waals surface area contributed by atoms with Gasteiger partial charge < -0.3 is 10.6 Å². The molecule has 2 aliphatic rings. The van der Waals surface area contributed by atoms with Crippen molar-refractivity contribution < 1.29 is 4.79 Å². The van der Waals surface area contributed by atoms with E-state index in [0.29, 0.717) is 18.5 Å². The van der Waals surface area contributed by atoms with Gasteiger partial charge in [0.05, 0.1) is 0 Å². The fourth-order valence-corrected chi connectivity index (χ4v) is 2.62. The summed E-state index contributed by atoms with van der Waals surface area (Å²) >= 11 is 0. The van der Waals surface area contributed by atoms with E-state index >= 15 is 0 Å². The molecule has 0 aliphatic carbocycles. The minimum atomic E-state index is 0.227. The maximum absolute atomic E-state index is 11.4.